The number of hydrogen-bond acceptors (Lipinski definition) is 4. The molecule has 0 aliphatic rings. The quantitative estimate of drug-likeness (QED) is 0.420. The predicted molar refractivity (Wildman–Crippen MR) is 117 cm³/mol. The average Bonchev–Trinajstić information content (AvgIpc) is 2.73. The van der Waals surface area contributed by atoms with E-state index in [1.165, 1.54) is 0 Å². The lowest BCUT2D eigenvalue weighted by molar-refractivity contribution is -0.120. The van der Waals surface area contributed by atoms with E-state index in [4.69, 9.17) is 4.74 Å². The average molecular weight is 454 g/mol. The number of hydrazone groups is 1. The van der Waals surface area contributed by atoms with Crippen molar-refractivity contribution in [2.24, 2.45) is 5.10 Å². The van der Waals surface area contributed by atoms with Crippen LogP contribution in [0.3, 0.4) is 0 Å². The van der Waals surface area contributed by atoms with Crippen LogP contribution in [0.15, 0.2) is 70.2 Å². The summed E-state index contributed by atoms with van der Waals surface area (Å²) >= 11 is 3.31. The van der Waals surface area contributed by atoms with Crippen LogP contribution in [0.4, 0.5) is 0 Å². The molecule has 0 saturated carbocycles. The highest BCUT2D eigenvalue weighted by Crippen LogP contribution is 2.26. The van der Waals surface area contributed by atoms with Gasteiger partial charge in [-0.1, -0.05) is 52.3 Å². The summed E-state index contributed by atoms with van der Waals surface area (Å²) in [5, 5.41) is 8.62. The highest BCUT2D eigenvalue weighted by molar-refractivity contribution is 9.10. The molecule has 0 bridgehead atoms. The molecule has 0 saturated heterocycles. The van der Waals surface area contributed by atoms with E-state index in [1.54, 1.807) is 24.4 Å². The van der Waals surface area contributed by atoms with Gasteiger partial charge in [0.25, 0.3) is 11.8 Å². The lowest BCUT2D eigenvalue weighted by Crippen LogP contribution is -2.34. The van der Waals surface area contributed by atoms with Gasteiger partial charge in [0, 0.05) is 15.6 Å². The number of hydrogen-bond donors (Lipinski definition) is 2. The molecule has 29 heavy (non-hydrogen) atoms. The summed E-state index contributed by atoms with van der Waals surface area (Å²) in [5.74, 6) is -0.0759. The zero-order valence-corrected chi connectivity index (χ0v) is 17.4. The molecule has 3 aromatic rings. The lowest BCUT2D eigenvalue weighted by Gasteiger charge is -2.10. The van der Waals surface area contributed by atoms with E-state index in [0.717, 1.165) is 20.8 Å². The van der Waals surface area contributed by atoms with Crippen molar-refractivity contribution in [3.05, 3.63) is 76.3 Å². The Balaban J connectivity index is 1.64. The molecule has 2 amide bonds. The number of nitrogens with one attached hydrogen (secondary N) is 2. The predicted octanol–water partition coefficient (Wildman–Crippen LogP) is 3.88. The van der Waals surface area contributed by atoms with Crippen molar-refractivity contribution in [1.29, 1.82) is 0 Å². The molecule has 2 N–H and O–H groups in total. The van der Waals surface area contributed by atoms with Crippen molar-refractivity contribution in [1.82, 2.24) is 10.7 Å². The molecule has 0 atom stereocenters. The highest BCUT2D eigenvalue weighted by atomic mass is 79.9. The van der Waals surface area contributed by atoms with Crippen LogP contribution in [0.25, 0.3) is 10.8 Å². The first-order valence-electron chi connectivity index (χ1n) is 9.08. The molecule has 0 aliphatic heterocycles. The third-order valence-electron chi connectivity index (χ3n) is 4.11. The number of ether oxygens (including phenoxy) is 1. The molecule has 0 heterocycles. The maximum absolute atomic E-state index is 12.1. The summed E-state index contributed by atoms with van der Waals surface area (Å²) in [7, 11) is 0. The van der Waals surface area contributed by atoms with Gasteiger partial charge in [0.15, 0.2) is 0 Å². The number of rotatable bonds is 7. The van der Waals surface area contributed by atoms with Crippen molar-refractivity contribution in [3.8, 4) is 5.75 Å². The molecule has 0 aliphatic carbocycles. The number of carbonyl (C=O) groups excluding carboxylic acids is 2. The normalized spacial score (nSPS) is 10.8. The van der Waals surface area contributed by atoms with Gasteiger partial charge in [-0.3, -0.25) is 9.59 Å². The monoisotopic (exact) mass is 453 g/mol. The summed E-state index contributed by atoms with van der Waals surface area (Å²) in [6, 6.07) is 18.7. The van der Waals surface area contributed by atoms with E-state index in [1.807, 2.05) is 49.4 Å². The van der Waals surface area contributed by atoms with Crippen LogP contribution in [-0.4, -0.2) is 31.2 Å². The van der Waals surface area contributed by atoms with Gasteiger partial charge >= 0.3 is 0 Å². The number of benzene rings is 3. The Morgan fingerprint density at radius 2 is 1.93 bits per heavy atom. The van der Waals surface area contributed by atoms with Gasteiger partial charge in [0.1, 0.15) is 5.75 Å². The Morgan fingerprint density at radius 1 is 1.10 bits per heavy atom. The molecular formula is C22H20BrN3O3. The van der Waals surface area contributed by atoms with Gasteiger partial charge in [-0.2, -0.15) is 5.10 Å². The number of carbonyl (C=O) groups is 2. The number of fused-ring (bicyclic) bond motifs is 1. The van der Waals surface area contributed by atoms with Crippen LogP contribution in [0, 0.1) is 0 Å². The standard InChI is InChI=1S/C22H20BrN3O3/c1-2-29-20-11-10-15-6-3-4-9-18(15)19(20)13-25-26-21(27)14-24-22(28)16-7-5-8-17(23)12-16/h3-13H,2,14H2,1H3,(H,24,28)(H,26,27)/b25-13-. The Bertz CT molecular complexity index is 1070. The van der Waals surface area contributed by atoms with Crippen LogP contribution in [-0.2, 0) is 4.79 Å². The van der Waals surface area contributed by atoms with E-state index >= 15 is 0 Å². The minimum absolute atomic E-state index is 0.184. The molecule has 0 unspecified atom stereocenters. The Kier molecular flexibility index (Phi) is 6.97. The third kappa shape index (κ3) is 5.42. The smallest absolute Gasteiger partial charge is 0.259 e. The topological polar surface area (TPSA) is 79.8 Å². The van der Waals surface area contributed by atoms with Crippen LogP contribution >= 0.6 is 15.9 Å². The van der Waals surface area contributed by atoms with Gasteiger partial charge in [-0.15, -0.1) is 0 Å². The first kappa shape index (κ1) is 20.5. The Morgan fingerprint density at radius 3 is 2.72 bits per heavy atom. The van der Waals surface area contributed by atoms with Crippen molar-refractivity contribution in [2.75, 3.05) is 13.2 Å². The van der Waals surface area contributed by atoms with Crippen molar-refractivity contribution in [2.45, 2.75) is 6.92 Å². The number of amides is 2. The minimum Gasteiger partial charge on any atom is -0.493 e. The third-order valence-corrected chi connectivity index (χ3v) is 4.60. The summed E-state index contributed by atoms with van der Waals surface area (Å²) < 4.78 is 6.47. The summed E-state index contributed by atoms with van der Waals surface area (Å²) in [6.45, 7) is 2.25. The number of halogens is 1. The first-order valence-corrected chi connectivity index (χ1v) is 9.88. The zero-order valence-electron chi connectivity index (χ0n) is 15.8. The molecule has 0 spiro atoms. The highest BCUT2D eigenvalue weighted by Gasteiger charge is 2.09. The van der Waals surface area contributed by atoms with Gasteiger partial charge in [-0.25, -0.2) is 5.43 Å². The maximum Gasteiger partial charge on any atom is 0.259 e. The Labute approximate surface area is 177 Å². The van der Waals surface area contributed by atoms with Gasteiger partial charge in [-0.05, 0) is 42.0 Å². The summed E-state index contributed by atoms with van der Waals surface area (Å²) in [6.07, 6.45) is 1.56. The molecule has 3 rings (SSSR count). The largest absolute Gasteiger partial charge is 0.493 e. The fraction of sp³-hybridized carbons (Fsp3) is 0.136. The molecule has 0 fully saturated rings. The van der Waals surface area contributed by atoms with Crippen LogP contribution < -0.4 is 15.5 Å². The van der Waals surface area contributed by atoms with E-state index in [-0.39, 0.29) is 12.5 Å². The second-order valence-electron chi connectivity index (χ2n) is 6.12. The van der Waals surface area contributed by atoms with Gasteiger partial charge in [0.2, 0.25) is 0 Å². The summed E-state index contributed by atoms with van der Waals surface area (Å²) in [4.78, 5) is 24.1. The second-order valence-corrected chi connectivity index (χ2v) is 7.03. The van der Waals surface area contributed by atoms with Crippen molar-refractivity contribution < 1.29 is 14.3 Å². The number of nitrogens with zero attached hydrogens (tertiary/aromatic N) is 1. The Hall–Kier alpha value is -3.19. The van der Waals surface area contributed by atoms with E-state index in [9.17, 15) is 9.59 Å². The summed E-state index contributed by atoms with van der Waals surface area (Å²) in [5.41, 5.74) is 3.68. The zero-order chi connectivity index (χ0) is 20.6. The first-order chi connectivity index (χ1) is 14.1. The van der Waals surface area contributed by atoms with E-state index < -0.39 is 5.91 Å². The molecule has 148 valence electrons. The van der Waals surface area contributed by atoms with Gasteiger partial charge < -0.3 is 10.1 Å². The molecule has 6 nitrogen and oxygen atoms in total. The molecular weight excluding hydrogens is 434 g/mol. The molecule has 0 radical (unpaired) electrons. The van der Waals surface area contributed by atoms with Crippen molar-refractivity contribution >= 4 is 44.7 Å². The van der Waals surface area contributed by atoms with Crippen molar-refractivity contribution in [3.63, 3.8) is 0 Å². The molecule has 7 heteroatoms. The van der Waals surface area contributed by atoms with Crippen LogP contribution in [0.1, 0.15) is 22.8 Å². The van der Waals surface area contributed by atoms with E-state index in [2.05, 4.69) is 31.8 Å². The van der Waals surface area contributed by atoms with E-state index in [0.29, 0.717) is 17.9 Å². The SMILES string of the molecule is CCOc1ccc2ccccc2c1/C=N\NC(=O)CNC(=O)c1cccc(Br)c1. The second kappa shape index (κ2) is 9.84. The van der Waals surface area contributed by atoms with Crippen LogP contribution in [0.2, 0.25) is 0 Å². The maximum atomic E-state index is 12.1. The molecule has 0 aromatic heterocycles. The van der Waals surface area contributed by atoms with Gasteiger partial charge in [0.05, 0.1) is 19.4 Å². The molecule has 3 aromatic carbocycles. The lowest BCUT2D eigenvalue weighted by atomic mass is 10.0. The fourth-order valence-electron chi connectivity index (χ4n) is 2.79. The minimum atomic E-state index is -0.428. The fourth-order valence-corrected chi connectivity index (χ4v) is 3.19. The van der Waals surface area contributed by atoms with Crippen LogP contribution in [0.5, 0.6) is 5.75 Å².